The maximum Gasteiger partial charge on any atom is 0.267 e. The molecule has 1 rings (SSSR count). The molecule has 0 spiro atoms. The van der Waals surface area contributed by atoms with Gasteiger partial charge in [-0.3, -0.25) is 9.59 Å². The summed E-state index contributed by atoms with van der Waals surface area (Å²) in [5.74, 6) is -0.629. The van der Waals surface area contributed by atoms with E-state index in [9.17, 15) is 14.9 Å². The van der Waals surface area contributed by atoms with E-state index in [1.54, 1.807) is 30.5 Å². The Morgan fingerprint density at radius 3 is 2.04 bits per heavy atom. The van der Waals surface area contributed by atoms with Crippen LogP contribution in [0.25, 0.3) is 0 Å². The van der Waals surface area contributed by atoms with Crippen LogP contribution in [-0.4, -0.2) is 28.8 Å². The van der Waals surface area contributed by atoms with Crippen LogP contribution < -0.4 is 10.6 Å². The molecule has 0 aliphatic rings. The van der Waals surface area contributed by atoms with Crippen LogP contribution in [0.4, 0.5) is 11.4 Å². The van der Waals surface area contributed by atoms with Crippen molar-refractivity contribution in [1.29, 1.82) is 5.26 Å². The first-order valence-electron chi connectivity index (χ1n) is 7.75. The predicted molar refractivity (Wildman–Crippen MR) is 95.2 cm³/mol. The zero-order valence-electron chi connectivity index (χ0n) is 14.8. The van der Waals surface area contributed by atoms with E-state index in [1.807, 2.05) is 38.7 Å². The number of anilines is 2. The average molecular weight is 328 g/mol. The summed E-state index contributed by atoms with van der Waals surface area (Å²) >= 11 is 0. The molecule has 1 aromatic rings. The standard InChI is InChI=1S/C18H24N4O2/c1-6-22(18(3,4)5)12-14(11-19)17(24)21-16-9-7-15(8-10-16)20-13(2)23/h7-10,12H,6H2,1-5H3,(H,20,23)(H,21,24)/b14-12-. The number of nitriles is 1. The summed E-state index contributed by atoms with van der Waals surface area (Å²) in [6.45, 7) is 10.1. The van der Waals surface area contributed by atoms with E-state index in [0.29, 0.717) is 17.9 Å². The lowest BCUT2D eigenvalue weighted by Gasteiger charge is -2.33. The highest BCUT2D eigenvalue weighted by atomic mass is 16.2. The molecule has 0 unspecified atom stereocenters. The monoisotopic (exact) mass is 328 g/mol. The van der Waals surface area contributed by atoms with Gasteiger partial charge in [0.05, 0.1) is 0 Å². The molecular weight excluding hydrogens is 304 g/mol. The minimum atomic E-state index is -0.465. The Labute approximate surface area is 143 Å². The fourth-order valence-electron chi connectivity index (χ4n) is 2.09. The van der Waals surface area contributed by atoms with E-state index >= 15 is 0 Å². The molecule has 0 aliphatic carbocycles. The second-order valence-electron chi connectivity index (χ2n) is 6.32. The number of amides is 2. The van der Waals surface area contributed by atoms with Gasteiger partial charge in [-0.2, -0.15) is 5.26 Å². The third-order valence-electron chi connectivity index (χ3n) is 3.32. The van der Waals surface area contributed by atoms with E-state index in [1.165, 1.54) is 6.92 Å². The van der Waals surface area contributed by atoms with Crippen molar-refractivity contribution in [2.45, 2.75) is 40.2 Å². The SMILES string of the molecule is CCN(/C=C(/C#N)C(=O)Nc1ccc(NC(C)=O)cc1)C(C)(C)C. The molecule has 1 aromatic carbocycles. The third-order valence-corrected chi connectivity index (χ3v) is 3.32. The van der Waals surface area contributed by atoms with Crippen LogP contribution in [0.15, 0.2) is 36.0 Å². The Kier molecular flexibility index (Phi) is 6.54. The van der Waals surface area contributed by atoms with Crippen molar-refractivity contribution in [3.8, 4) is 6.07 Å². The normalized spacial score (nSPS) is 11.4. The highest BCUT2D eigenvalue weighted by Crippen LogP contribution is 2.17. The van der Waals surface area contributed by atoms with E-state index < -0.39 is 5.91 Å². The van der Waals surface area contributed by atoms with Gasteiger partial charge in [0, 0.05) is 36.6 Å². The van der Waals surface area contributed by atoms with Gasteiger partial charge < -0.3 is 15.5 Å². The Morgan fingerprint density at radius 2 is 1.67 bits per heavy atom. The van der Waals surface area contributed by atoms with Crippen molar-refractivity contribution in [3.63, 3.8) is 0 Å². The largest absolute Gasteiger partial charge is 0.372 e. The van der Waals surface area contributed by atoms with Crippen molar-refractivity contribution >= 4 is 23.2 Å². The number of nitrogens with zero attached hydrogens (tertiary/aromatic N) is 2. The van der Waals surface area contributed by atoms with Crippen LogP contribution in [0.3, 0.4) is 0 Å². The summed E-state index contributed by atoms with van der Waals surface area (Å²) in [6, 6.07) is 8.64. The number of benzene rings is 1. The molecule has 0 fully saturated rings. The van der Waals surface area contributed by atoms with Crippen LogP contribution in [0.5, 0.6) is 0 Å². The zero-order chi connectivity index (χ0) is 18.3. The van der Waals surface area contributed by atoms with Gasteiger partial charge >= 0.3 is 0 Å². The molecule has 0 aromatic heterocycles. The Balaban J connectivity index is 2.88. The van der Waals surface area contributed by atoms with Crippen molar-refractivity contribution in [2.75, 3.05) is 17.2 Å². The zero-order valence-corrected chi connectivity index (χ0v) is 14.8. The highest BCUT2D eigenvalue weighted by Gasteiger charge is 2.19. The van der Waals surface area contributed by atoms with E-state index in [2.05, 4.69) is 10.6 Å². The number of hydrogen-bond acceptors (Lipinski definition) is 4. The summed E-state index contributed by atoms with van der Waals surface area (Å²) in [5, 5.41) is 14.6. The molecule has 0 heterocycles. The molecule has 2 amide bonds. The maximum absolute atomic E-state index is 12.3. The van der Waals surface area contributed by atoms with Gasteiger partial charge in [0.2, 0.25) is 5.91 Å². The van der Waals surface area contributed by atoms with Crippen LogP contribution in [0, 0.1) is 11.3 Å². The van der Waals surface area contributed by atoms with Crippen LogP contribution >= 0.6 is 0 Å². The van der Waals surface area contributed by atoms with Crippen LogP contribution in [-0.2, 0) is 9.59 Å². The molecule has 2 N–H and O–H groups in total. The van der Waals surface area contributed by atoms with Crippen molar-refractivity contribution in [1.82, 2.24) is 4.90 Å². The first kappa shape index (κ1) is 19.2. The summed E-state index contributed by atoms with van der Waals surface area (Å²) < 4.78 is 0. The van der Waals surface area contributed by atoms with Gasteiger partial charge in [-0.15, -0.1) is 0 Å². The van der Waals surface area contributed by atoms with Crippen LogP contribution in [0.1, 0.15) is 34.6 Å². The lowest BCUT2D eigenvalue weighted by Crippen LogP contribution is -2.37. The first-order valence-corrected chi connectivity index (χ1v) is 7.75. The number of rotatable bonds is 5. The molecule has 0 bridgehead atoms. The summed E-state index contributed by atoms with van der Waals surface area (Å²) in [7, 11) is 0. The summed E-state index contributed by atoms with van der Waals surface area (Å²) in [6.07, 6.45) is 1.58. The van der Waals surface area contributed by atoms with E-state index in [0.717, 1.165) is 0 Å². The second-order valence-corrected chi connectivity index (χ2v) is 6.32. The Hall–Kier alpha value is -2.81. The molecule has 0 radical (unpaired) electrons. The molecule has 128 valence electrons. The number of hydrogen-bond donors (Lipinski definition) is 2. The second kappa shape index (κ2) is 8.16. The Morgan fingerprint density at radius 1 is 1.17 bits per heavy atom. The lowest BCUT2D eigenvalue weighted by molar-refractivity contribution is -0.114. The van der Waals surface area contributed by atoms with E-state index in [4.69, 9.17) is 0 Å². The molecule has 0 aliphatic heterocycles. The Bertz CT molecular complexity index is 664. The van der Waals surface area contributed by atoms with Gasteiger partial charge in [0.15, 0.2) is 0 Å². The molecule has 0 saturated heterocycles. The molecule has 0 saturated carbocycles. The summed E-state index contributed by atoms with van der Waals surface area (Å²) in [4.78, 5) is 25.2. The van der Waals surface area contributed by atoms with E-state index in [-0.39, 0.29) is 17.0 Å². The molecule has 6 nitrogen and oxygen atoms in total. The molecule has 0 atom stereocenters. The molecule has 24 heavy (non-hydrogen) atoms. The topological polar surface area (TPSA) is 85.2 Å². The van der Waals surface area contributed by atoms with Gasteiger partial charge in [0.1, 0.15) is 11.6 Å². The fourth-order valence-corrected chi connectivity index (χ4v) is 2.09. The predicted octanol–water partition coefficient (Wildman–Crippen LogP) is 3.11. The van der Waals surface area contributed by atoms with Crippen molar-refractivity contribution in [3.05, 3.63) is 36.0 Å². The highest BCUT2D eigenvalue weighted by molar-refractivity contribution is 6.06. The fraction of sp³-hybridized carbons (Fsp3) is 0.389. The average Bonchev–Trinajstić information content (AvgIpc) is 2.48. The number of nitrogens with one attached hydrogen (secondary N) is 2. The van der Waals surface area contributed by atoms with Gasteiger partial charge in [-0.05, 0) is 52.0 Å². The number of carbonyl (C=O) groups is 2. The third kappa shape index (κ3) is 5.76. The van der Waals surface area contributed by atoms with Crippen LogP contribution in [0.2, 0.25) is 0 Å². The number of carbonyl (C=O) groups excluding carboxylic acids is 2. The smallest absolute Gasteiger partial charge is 0.267 e. The quantitative estimate of drug-likeness (QED) is 0.642. The summed E-state index contributed by atoms with van der Waals surface area (Å²) in [5.41, 5.74) is 1.05. The van der Waals surface area contributed by atoms with Crippen molar-refractivity contribution < 1.29 is 9.59 Å². The van der Waals surface area contributed by atoms with Gasteiger partial charge in [-0.1, -0.05) is 0 Å². The van der Waals surface area contributed by atoms with Crippen molar-refractivity contribution in [2.24, 2.45) is 0 Å². The molecular formula is C18H24N4O2. The first-order chi connectivity index (χ1) is 11.2. The van der Waals surface area contributed by atoms with Gasteiger partial charge in [0.25, 0.3) is 5.91 Å². The van der Waals surface area contributed by atoms with Gasteiger partial charge in [-0.25, -0.2) is 0 Å². The minimum Gasteiger partial charge on any atom is -0.372 e. The maximum atomic E-state index is 12.3. The lowest BCUT2D eigenvalue weighted by atomic mass is 10.1. The molecule has 6 heteroatoms. The minimum absolute atomic E-state index is 0.0395.